The van der Waals surface area contributed by atoms with Gasteiger partial charge in [0.2, 0.25) is 0 Å². The van der Waals surface area contributed by atoms with Gasteiger partial charge in [-0.05, 0) is 45.7 Å². The van der Waals surface area contributed by atoms with E-state index in [1.807, 2.05) is 13.8 Å². The fourth-order valence-corrected chi connectivity index (χ4v) is 2.04. The molecule has 0 fully saturated rings. The Hall–Kier alpha value is -2.77. The van der Waals surface area contributed by atoms with Crippen LogP contribution in [0.25, 0.3) is 0 Å². The van der Waals surface area contributed by atoms with Gasteiger partial charge >= 0.3 is 18.2 Å². The van der Waals surface area contributed by atoms with E-state index in [-0.39, 0.29) is 30.6 Å². The number of esters is 1. The Labute approximate surface area is 159 Å². The molecule has 0 heterocycles. The largest absolute Gasteiger partial charge is 0.513 e. The van der Waals surface area contributed by atoms with Gasteiger partial charge in [0, 0.05) is 5.56 Å². The van der Waals surface area contributed by atoms with Gasteiger partial charge < -0.3 is 18.9 Å². The van der Waals surface area contributed by atoms with Gasteiger partial charge in [-0.25, -0.2) is 14.4 Å². The highest BCUT2D eigenvalue weighted by Gasteiger charge is 2.23. The van der Waals surface area contributed by atoms with Crippen LogP contribution in [0, 0.1) is 6.92 Å². The van der Waals surface area contributed by atoms with Crippen LogP contribution in [-0.2, 0) is 14.2 Å². The van der Waals surface area contributed by atoms with Gasteiger partial charge in [-0.15, -0.1) is 0 Å². The lowest BCUT2D eigenvalue weighted by Crippen LogP contribution is -2.19. The zero-order valence-electron chi connectivity index (χ0n) is 16.4. The fraction of sp³-hybridized carbons (Fsp3) is 0.526. The predicted octanol–water partition coefficient (Wildman–Crippen LogP) is 4.44. The first-order valence-electron chi connectivity index (χ1n) is 8.93. The molecule has 8 nitrogen and oxygen atoms in total. The third-order valence-corrected chi connectivity index (χ3v) is 3.25. The van der Waals surface area contributed by atoms with E-state index >= 15 is 0 Å². The van der Waals surface area contributed by atoms with E-state index in [0.717, 1.165) is 0 Å². The second kappa shape index (κ2) is 11.1. The molecule has 1 aromatic carbocycles. The Balaban J connectivity index is 3.16. The normalized spacial score (nSPS) is 10.3. The summed E-state index contributed by atoms with van der Waals surface area (Å²) < 4.78 is 20.3. The summed E-state index contributed by atoms with van der Waals surface area (Å²) in [6.07, 6.45) is -0.619. The predicted molar refractivity (Wildman–Crippen MR) is 99.3 cm³/mol. The third-order valence-electron chi connectivity index (χ3n) is 3.25. The second-order valence-corrected chi connectivity index (χ2v) is 6.03. The van der Waals surface area contributed by atoms with Crippen LogP contribution in [0.2, 0.25) is 0 Å². The molecule has 150 valence electrons. The lowest BCUT2D eigenvalue weighted by atomic mass is 10.1. The Morgan fingerprint density at radius 2 is 1.67 bits per heavy atom. The molecule has 0 aliphatic heterocycles. The van der Waals surface area contributed by atoms with Crippen LogP contribution < -0.4 is 10.1 Å². The van der Waals surface area contributed by atoms with E-state index in [2.05, 4.69) is 5.32 Å². The number of hydrogen-bond donors (Lipinski definition) is 1. The molecule has 0 saturated heterocycles. The molecule has 0 bridgehead atoms. The summed E-state index contributed by atoms with van der Waals surface area (Å²) in [5, 5.41) is 2.56. The van der Waals surface area contributed by atoms with E-state index in [0.29, 0.717) is 24.1 Å². The molecule has 0 aliphatic carbocycles. The van der Waals surface area contributed by atoms with Crippen molar-refractivity contribution in [3.63, 3.8) is 0 Å². The van der Waals surface area contributed by atoms with Crippen LogP contribution in [0.3, 0.4) is 0 Å². The van der Waals surface area contributed by atoms with Crippen molar-refractivity contribution in [2.45, 2.75) is 53.6 Å². The SMILES string of the molecule is CCCOC(=O)Nc1ccc(C(=O)OC(C)C)c(OC(=O)OCCC)c1C. The first-order valence-corrected chi connectivity index (χ1v) is 8.93. The highest BCUT2D eigenvalue weighted by atomic mass is 16.7. The molecule has 1 N–H and O–H groups in total. The van der Waals surface area contributed by atoms with Crippen molar-refractivity contribution in [2.24, 2.45) is 0 Å². The smallest absolute Gasteiger partial charge is 0.459 e. The number of ether oxygens (including phenoxy) is 4. The quantitative estimate of drug-likeness (QED) is 0.403. The molecule has 1 rings (SSSR count). The Kier molecular flexibility index (Phi) is 9.12. The Morgan fingerprint density at radius 3 is 2.26 bits per heavy atom. The highest BCUT2D eigenvalue weighted by molar-refractivity contribution is 5.96. The molecule has 1 aromatic rings. The van der Waals surface area contributed by atoms with Crippen molar-refractivity contribution in [3.05, 3.63) is 23.3 Å². The summed E-state index contributed by atoms with van der Waals surface area (Å²) >= 11 is 0. The molecule has 0 atom stereocenters. The number of carbonyl (C=O) groups excluding carboxylic acids is 3. The van der Waals surface area contributed by atoms with E-state index < -0.39 is 18.2 Å². The van der Waals surface area contributed by atoms with Crippen LogP contribution in [0.15, 0.2) is 12.1 Å². The summed E-state index contributed by atoms with van der Waals surface area (Å²) in [6, 6.07) is 2.93. The standard InChI is InChI=1S/C19H27NO7/c1-6-10-24-18(22)20-15-9-8-14(17(21)26-12(3)4)16(13(15)5)27-19(23)25-11-7-2/h8-9,12H,6-7,10-11H2,1-5H3,(H,20,22). The molecule has 27 heavy (non-hydrogen) atoms. The van der Waals surface area contributed by atoms with Gasteiger partial charge in [0.15, 0.2) is 5.75 Å². The van der Waals surface area contributed by atoms with Crippen molar-refractivity contribution in [3.8, 4) is 5.75 Å². The van der Waals surface area contributed by atoms with Crippen molar-refractivity contribution < 1.29 is 33.3 Å². The average molecular weight is 381 g/mol. The zero-order chi connectivity index (χ0) is 20.4. The fourth-order valence-electron chi connectivity index (χ4n) is 2.04. The van der Waals surface area contributed by atoms with Gasteiger partial charge in [-0.3, -0.25) is 5.32 Å². The van der Waals surface area contributed by atoms with Crippen LogP contribution in [-0.4, -0.2) is 37.5 Å². The first-order chi connectivity index (χ1) is 12.8. The van der Waals surface area contributed by atoms with E-state index in [1.54, 1.807) is 20.8 Å². The van der Waals surface area contributed by atoms with Crippen LogP contribution in [0.4, 0.5) is 15.3 Å². The van der Waals surface area contributed by atoms with Gasteiger partial charge in [-0.2, -0.15) is 0 Å². The summed E-state index contributed by atoms with van der Waals surface area (Å²) in [4.78, 5) is 36.0. The Bertz CT molecular complexity index is 670. The van der Waals surface area contributed by atoms with E-state index in [4.69, 9.17) is 18.9 Å². The van der Waals surface area contributed by atoms with Crippen molar-refractivity contribution >= 4 is 23.9 Å². The molecule has 0 spiro atoms. The molecule has 8 heteroatoms. The molecular formula is C19H27NO7. The number of amides is 1. The average Bonchev–Trinajstić information content (AvgIpc) is 2.60. The monoisotopic (exact) mass is 381 g/mol. The molecular weight excluding hydrogens is 354 g/mol. The van der Waals surface area contributed by atoms with Gasteiger partial charge in [0.25, 0.3) is 0 Å². The maximum absolute atomic E-state index is 12.3. The molecule has 0 unspecified atom stereocenters. The molecule has 0 aromatic heterocycles. The van der Waals surface area contributed by atoms with Gasteiger partial charge in [-0.1, -0.05) is 13.8 Å². The summed E-state index contributed by atoms with van der Waals surface area (Å²) in [7, 11) is 0. The van der Waals surface area contributed by atoms with Gasteiger partial charge in [0.1, 0.15) is 5.56 Å². The first kappa shape index (κ1) is 22.3. The lowest BCUT2D eigenvalue weighted by molar-refractivity contribution is 0.0373. The summed E-state index contributed by atoms with van der Waals surface area (Å²) in [5.41, 5.74) is 0.771. The second-order valence-electron chi connectivity index (χ2n) is 6.03. The van der Waals surface area contributed by atoms with E-state index in [1.165, 1.54) is 12.1 Å². The Morgan fingerprint density at radius 1 is 1.04 bits per heavy atom. The molecule has 0 saturated carbocycles. The minimum absolute atomic E-state index is 0.0324. The number of rotatable bonds is 8. The van der Waals surface area contributed by atoms with Crippen LogP contribution in [0.5, 0.6) is 5.75 Å². The number of anilines is 1. The lowest BCUT2D eigenvalue weighted by Gasteiger charge is -2.17. The van der Waals surface area contributed by atoms with Crippen molar-refractivity contribution in [2.75, 3.05) is 18.5 Å². The summed E-state index contributed by atoms with van der Waals surface area (Å²) in [5.74, 6) is -0.679. The maximum atomic E-state index is 12.3. The molecule has 0 aliphatic rings. The van der Waals surface area contributed by atoms with Crippen molar-refractivity contribution in [1.82, 2.24) is 0 Å². The molecule has 1 amide bonds. The number of nitrogens with one attached hydrogen (secondary N) is 1. The topological polar surface area (TPSA) is 100 Å². The number of hydrogen-bond acceptors (Lipinski definition) is 7. The highest BCUT2D eigenvalue weighted by Crippen LogP contribution is 2.31. The van der Waals surface area contributed by atoms with Crippen LogP contribution >= 0.6 is 0 Å². The summed E-state index contributed by atoms with van der Waals surface area (Å²) in [6.45, 7) is 9.20. The third kappa shape index (κ3) is 7.16. The number of benzene rings is 1. The minimum Gasteiger partial charge on any atom is -0.459 e. The zero-order valence-corrected chi connectivity index (χ0v) is 16.4. The van der Waals surface area contributed by atoms with Gasteiger partial charge in [0.05, 0.1) is 25.0 Å². The maximum Gasteiger partial charge on any atom is 0.513 e. The minimum atomic E-state index is -0.941. The van der Waals surface area contributed by atoms with Crippen molar-refractivity contribution in [1.29, 1.82) is 0 Å². The van der Waals surface area contributed by atoms with Crippen LogP contribution in [0.1, 0.15) is 56.5 Å². The van der Waals surface area contributed by atoms with E-state index in [9.17, 15) is 14.4 Å². The molecule has 0 radical (unpaired) electrons. The number of carbonyl (C=O) groups is 3.